The van der Waals surface area contributed by atoms with Gasteiger partial charge in [-0.1, -0.05) is 34.6 Å². The fourth-order valence-corrected chi connectivity index (χ4v) is 3.88. The van der Waals surface area contributed by atoms with Crippen LogP contribution in [-0.2, 0) is 5.41 Å². The maximum absolute atomic E-state index is 6.42. The van der Waals surface area contributed by atoms with E-state index in [9.17, 15) is 0 Å². The van der Waals surface area contributed by atoms with Crippen LogP contribution in [0.1, 0.15) is 64.2 Å². The van der Waals surface area contributed by atoms with E-state index in [2.05, 4.69) is 44.9 Å². The first-order chi connectivity index (χ1) is 9.29. The van der Waals surface area contributed by atoms with Gasteiger partial charge in [0.25, 0.3) is 0 Å². The van der Waals surface area contributed by atoms with Gasteiger partial charge in [-0.3, -0.25) is 4.90 Å². The van der Waals surface area contributed by atoms with Crippen molar-refractivity contribution >= 4 is 11.3 Å². The Labute approximate surface area is 127 Å². The number of thiazole rings is 1. The fraction of sp³-hybridized carbons (Fsp3) is 0.812. The minimum atomic E-state index is 0.130. The highest BCUT2D eigenvalue weighted by Gasteiger charge is 2.33. The number of nitrogens with zero attached hydrogens (tertiary/aromatic N) is 2. The molecule has 0 aliphatic carbocycles. The number of likely N-dealkylation sites (tertiary alicyclic amines) is 1. The number of hydrogen-bond donors (Lipinski definition) is 1. The summed E-state index contributed by atoms with van der Waals surface area (Å²) < 4.78 is 0. The van der Waals surface area contributed by atoms with Crippen LogP contribution >= 0.6 is 11.3 Å². The molecule has 2 N–H and O–H groups in total. The number of aromatic nitrogens is 1. The largest absolute Gasteiger partial charge is 0.326 e. The molecule has 0 bridgehead atoms. The van der Waals surface area contributed by atoms with Crippen molar-refractivity contribution in [1.82, 2.24) is 9.88 Å². The smallest absolute Gasteiger partial charge is 0.0982 e. The van der Waals surface area contributed by atoms with Crippen LogP contribution in [0.2, 0.25) is 0 Å². The molecule has 0 aromatic carbocycles. The minimum absolute atomic E-state index is 0.130. The average molecular weight is 295 g/mol. The monoisotopic (exact) mass is 295 g/mol. The average Bonchev–Trinajstić information content (AvgIpc) is 2.77. The van der Waals surface area contributed by atoms with E-state index in [1.54, 1.807) is 11.3 Å². The lowest BCUT2D eigenvalue weighted by Crippen LogP contribution is -2.47. The van der Waals surface area contributed by atoms with Gasteiger partial charge in [-0.2, -0.15) is 0 Å². The zero-order valence-corrected chi connectivity index (χ0v) is 14.3. The standard InChI is InChI=1S/C16H29N3S/c1-11(2)9-19-8-6-7-12(17)14(19)13-10-20-15(18-13)16(3,4)5/h10-12,14H,6-9,17H2,1-5H3. The highest BCUT2D eigenvalue weighted by atomic mass is 32.1. The lowest BCUT2D eigenvalue weighted by atomic mass is 9.93. The van der Waals surface area contributed by atoms with E-state index in [-0.39, 0.29) is 11.5 Å². The molecule has 2 unspecified atom stereocenters. The molecule has 0 spiro atoms. The summed E-state index contributed by atoms with van der Waals surface area (Å²) in [6, 6.07) is 0.524. The molecule has 2 heterocycles. The van der Waals surface area contributed by atoms with Gasteiger partial charge in [0.1, 0.15) is 0 Å². The molecule has 1 aromatic heterocycles. The maximum Gasteiger partial charge on any atom is 0.0982 e. The molecule has 0 amide bonds. The molecule has 1 aliphatic heterocycles. The van der Waals surface area contributed by atoms with Crippen LogP contribution in [0.15, 0.2) is 5.38 Å². The fourth-order valence-electron chi connectivity index (χ4n) is 2.94. The van der Waals surface area contributed by atoms with E-state index < -0.39 is 0 Å². The van der Waals surface area contributed by atoms with Crippen molar-refractivity contribution < 1.29 is 0 Å². The number of nitrogens with two attached hydrogens (primary N) is 1. The summed E-state index contributed by atoms with van der Waals surface area (Å²) in [4.78, 5) is 7.45. The quantitative estimate of drug-likeness (QED) is 0.927. The molecule has 1 saturated heterocycles. The lowest BCUT2D eigenvalue weighted by molar-refractivity contribution is 0.111. The first-order valence-electron chi connectivity index (χ1n) is 7.74. The Morgan fingerprint density at radius 3 is 2.70 bits per heavy atom. The maximum atomic E-state index is 6.42. The Bertz CT molecular complexity index is 433. The Kier molecular flexibility index (Phi) is 4.88. The van der Waals surface area contributed by atoms with Crippen LogP contribution in [0.5, 0.6) is 0 Å². The molecule has 2 atom stereocenters. The molecular formula is C16H29N3S. The Morgan fingerprint density at radius 1 is 1.45 bits per heavy atom. The van der Waals surface area contributed by atoms with E-state index in [0.29, 0.717) is 12.0 Å². The van der Waals surface area contributed by atoms with E-state index in [1.165, 1.54) is 17.1 Å². The molecule has 1 aromatic rings. The van der Waals surface area contributed by atoms with Crippen molar-refractivity contribution in [2.45, 2.75) is 65.0 Å². The second-order valence-electron chi connectivity index (χ2n) is 7.47. The SMILES string of the molecule is CC(C)CN1CCCC(N)C1c1csc(C(C)(C)C)n1. The van der Waals surface area contributed by atoms with Crippen molar-refractivity contribution in [3.05, 3.63) is 16.1 Å². The first kappa shape index (κ1) is 15.9. The number of hydrogen-bond acceptors (Lipinski definition) is 4. The van der Waals surface area contributed by atoms with Crippen LogP contribution in [-0.4, -0.2) is 29.0 Å². The normalized spacial score (nSPS) is 25.4. The van der Waals surface area contributed by atoms with E-state index in [1.807, 2.05) is 0 Å². The second kappa shape index (κ2) is 6.12. The van der Waals surface area contributed by atoms with Crippen molar-refractivity contribution in [3.63, 3.8) is 0 Å². The van der Waals surface area contributed by atoms with Gasteiger partial charge in [-0.25, -0.2) is 4.98 Å². The van der Waals surface area contributed by atoms with E-state index >= 15 is 0 Å². The van der Waals surface area contributed by atoms with Crippen LogP contribution in [0.25, 0.3) is 0 Å². The van der Waals surface area contributed by atoms with Crippen molar-refractivity contribution in [1.29, 1.82) is 0 Å². The van der Waals surface area contributed by atoms with Crippen LogP contribution < -0.4 is 5.73 Å². The zero-order chi connectivity index (χ0) is 14.9. The lowest BCUT2D eigenvalue weighted by Gasteiger charge is -2.39. The third-order valence-electron chi connectivity index (χ3n) is 3.85. The summed E-state index contributed by atoms with van der Waals surface area (Å²) in [5.74, 6) is 0.670. The predicted molar refractivity (Wildman–Crippen MR) is 87.2 cm³/mol. The van der Waals surface area contributed by atoms with Crippen molar-refractivity contribution in [3.8, 4) is 0 Å². The number of piperidine rings is 1. The van der Waals surface area contributed by atoms with Crippen LogP contribution in [0, 0.1) is 5.92 Å². The van der Waals surface area contributed by atoms with Crippen LogP contribution in [0.3, 0.4) is 0 Å². The highest BCUT2D eigenvalue weighted by Crippen LogP contribution is 2.34. The summed E-state index contributed by atoms with van der Waals surface area (Å²) in [5.41, 5.74) is 7.74. The van der Waals surface area contributed by atoms with Crippen molar-refractivity contribution in [2.75, 3.05) is 13.1 Å². The molecule has 4 heteroatoms. The summed E-state index contributed by atoms with van der Waals surface area (Å²) in [5, 5.41) is 3.44. The molecule has 1 aliphatic rings. The molecule has 2 rings (SSSR count). The second-order valence-corrected chi connectivity index (χ2v) is 8.33. The molecule has 114 valence electrons. The van der Waals surface area contributed by atoms with Gasteiger partial charge in [0.2, 0.25) is 0 Å². The molecule has 20 heavy (non-hydrogen) atoms. The molecule has 0 saturated carbocycles. The predicted octanol–water partition coefficient (Wildman–Crippen LogP) is 3.56. The molecular weight excluding hydrogens is 266 g/mol. The summed E-state index contributed by atoms with van der Waals surface area (Å²) in [7, 11) is 0. The Hall–Kier alpha value is -0.450. The summed E-state index contributed by atoms with van der Waals surface area (Å²) in [6.45, 7) is 13.5. The van der Waals surface area contributed by atoms with Gasteiger partial charge < -0.3 is 5.73 Å². The van der Waals surface area contributed by atoms with Gasteiger partial charge in [-0.05, 0) is 25.3 Å². The Balaban J connectivity index is 2.23. The van der Waals surface area contributed by atoms with E-state index in [4.69, 9.17) is 10.7 Å². The zero-order valence-electron chi connectivity index (χ0n) is 13.5. The van der Waals surface area contributed by atoms with Gasteiger partial charge in [0, 0.05) is 23.4 Å². The molecule has 0 radical (unpaired) electrons. The van der Waals surface area contributed by atoms with Gasteiger partial charge in [0.15, 0.2) is 0 Å². The van der Waals surface area contributed by atoms with Gasteiger partial charge in [-0.15, -0.1) is 11.3 Å². The third kappa shape index (κ3) is 3.60. The Morgan fingerprint density at radius 2 is 2.15 bits per heavy atom. The summed E-state index contributed by atoms with van der Waals surface area (Å²) in [6.07, 6.45) is 2.32. The first-order valence-corrected chi connectivity index (χ1v) is 8.62. The van der Waals surface area contributed by atoms with Gasteiger partial charge >= 0.3 is 0 Å². The third-order valence-corrected chi connectivity index (χ3v) is 5.13. The van der Waals surface area contributed by atoms with Gasteiger partial charge in [0.05, 0.1) is 16.7 Å². The minimum Gasteiger partial charge on any atom is -0.326 e. The molecule has 3 nitrogen and oxygen atoms in total. The topological polar surface area (TPSA) is 42.1 Å². The summed E-state index contributed by atoms with van der Waals surface area (Å²) >= 11 is 1.78. The van der Waals surface area contributed by atoms with E-state index in [0.717, 1.165) is 19.5 Å². The molecule has 1 fully saturated rings. The highest BCUT2D eigenvalue weighted by molar-refractivity contribution is 7.09. The number of rotatable bonds is 3. The van der Waals surface area contributed by atoms with Crippen LogP contribution in [0.4, 0.5) is 0 Å². The van der Waals surface area contributed by atoms with Crippen molar-refractivity contribution in [2.24, 2.45) is 11.7 Å².